The third-order valence-electron chi connectivity index (χ3n) is 4.66. The number of aryl methyl sites for hydroxylation is 2. The molecule has 0 saturated heterocycles. The maximum atomic E-state index is 12.8. The molecule has 184 valence electrons. The Morgan fingerprint density at radius 2 is 1.67 bits per heavy atom. The first-order valence-electron chi connectivity index (χ1n) is 10.0. The first kappa shape index (κ1) is 26.7. The molecule has 0 aliphatic heterocycles. The van der Waals surface area contributed by atoms with Crippen molar-refractivity contribution in [3.05, 3.63) is 59.7 Å². The van der Waals surface area contributed by atoms with Crippen molar-refractivity contribution in [2.75, 3.05) is 20.5 Å². The average Bonchev–Trinajstić information content (AvgIpc) is 2.71. The number of ether oxygens (including phenoxy) is 3. The SMILES string of the molecule is CN(CCC[C@@H](OCF)Oc1ccccc1CCc1cccc(OC(F)(F)F)c1)C(F)(F)F. The minimum Gasteiger partial charge on any atom is -0.465 e. The lowest BCUT2D eigenvalue weighted by Gasteiger charge is -2.23. The molecule has 0 heterocycles. The smallest absolute Gasteiger partial charge is 0.465 e. The molecule has 0 bridgehead atoms. The van der Waals surface area contributed by atoms with E-state index in [1.54, 1.807) is 30.3 Å². The molecule has 1 atom stereocenters. The van der Waals surface area contributed by atoms with Crippen LogP contribution in [-0.2, 0) is 17.6 Å². The summed E-state index contributed by atoms with van der Waals surface area (Å²) in [6.07, 6.45) is -9.54. The van der Waals surface area contributed by atoms with Crippen LogP contribution in [0.3, 0.4) is 0 Å². The number of nitrogens with zero attached hydrogens (tertiary/aromatic N) is 1. The van der Waals surface area contributed by atoms with Crippen molar-refractivity contribution in [3.8, 4) is 11.5 Å². The molecule has 2 rings (SSSR count). The van der Waals surface area contributed by atoms with Crippen molar-refractivity contribution in [1.29, 1.82) is 0 Å². The second-order valence-electron chi connectivity index (χ2n) is 7.16. The van der Waals surface area contributed by atoms with Crippen molar-refractivity contribution >= 4 is 0 Å². The molecule has 2 aromatic rings. The lowest BCUT2D eigenvalue weighted by atomic mass is 10.0. The van der Waals surface area contributed by atoms with Crippen LogP contribution >= 0.6 is 0 Å². The fourth-order valence-electron chi connectivity index (χ4n) is 3.01. The fraction of sp³-hybridized carbons (Fsp3) is 0.455. The predicted molar refractivity (Wildman–Crippen MR) is 106 cm³/mol. The van der Waals surface area contributed by atoms with Gasteiger partial charge < -0.3 is 14.2 Å². The number of halogens is 7. The fourth-order valence-corrected chi connectivity index (χ4v) is 3.01. The molecule has 0 radical (unpaired) electrons. The van der Waals surface area contributed by atoms with Crippen molar-refractivity contribution in [3.63, 3.8) is 0 Å². The Morgan fingerprint density at radius 1 is 0.939 bits per heavy atom. The minimum atomic E-state index is -4.79. The highest BCUT2D eigenvalue weighted by Crippen LogP contribution is 2.26. The van der Waals surface area contributed by atoms with Gasteiger partial charge in [-0.2, -0.15) is 13.2 Å². The molecular weight excluding hydrogens is 459 g/mol. The van der Waals surface area contributed by atoms with Gasteiger partial charge in [0.2, 0.25) is 6.29 Å². The van der Waals surface area contributed by atoms with Crippen LogP contribution in [0.1, 0.15) is 24.0 Å². The van der Waals surface area contributed by atoms with Crippen LogP contribution in [0.25, 0.3) is 0 Å². The second-order valence-corrected chi connectivity index (χ2v) is 7.16. The molecule has 4 nitrogen and oxygen atoms in total. The van der Waals surface area contributed by atoms with Gasteiger partial charge in [-0.05, 0) is 55.6 Å². The quantitative estimate of drug-likeness (QED) is 0.203. The summed E-state index contributed by atoms with van der Waals surface area (Å²) >= 11 is 0. The first-order chi connectivity index (χ1) is 15.5. The summed E-state index contributed by atoms with van der Waals surface area (Å²) in [4.78, 5) is 0.212. The van der Waals surface area contributed by atoms with E-state index in [9.17, 15) is 30.7 Å². The van der Waals surface area contributed by atoms with Gasteiger partial charge in [0.25, 0.3) is 0 Å². The van der Waals surface area contributed by atoms with E-state index in [0.29, 0.717) is 29.7 Å². The standard InChI is InChI=1S/C22H24F7NO3/c1-30(21(24,25)26)13-5-10-20(31-15-23)32-19-9-3-2-7-17(19)12-11-16-6-4-8-18(14-16)33-22(27,28)29/h2-4,6-9,14,20H,5,10-13,15H2,1H3/t20-/m0/s1. The number of para-hydroxylation sites is 1. The van der Waals surface area contributed by atoms with Gasteiger partial charge in [0.05, 0.1) is 0 Å². The highest BCUT2D eigenvalue weighted by Gasteiger charge is 2.33. The molecule has 0 N–H and O–H groups in total. The van der Waals surface area contributed by atoms with Crippen molar-refractivity contribution in [2.24, 2.45) is 0 Å². The summed E-state index contributed by atoms with van der Waals surface area (Å²) in [5.74, 6) is 0.0209. The topological polar surface area (TPSA) is 30.9 Å². The van der Waals surface area contributed by atoms with E-state index >= 15 is 0 Å². The Kier molecular flexibility index (Phi) is 9.78. The zero-order chi connectivity index (χ0) is 24.5. The third kappa shape index (κ3) is 9.87. The van der Waals surface area contributed by atoms with Crippen LogP contribution in [0.5, 0.6) is 11.5 Å². The van der Waals surface area contributed by atoms with Gasteiger partial charge in [0.15, 0.2) is 6.86 Å². The molecule has 0 aromatic heterocycles. The van der Waals surface area contributed by atoms with Crippen LogP contribution in [0, 0.1) is 0 Å². The van der Waals surface area contributed by atoms with Crippen molar-refractivity contribution in [2.45, 2.75) is 44.6 Å². The summed E-state index contributed by atoms with van der Waals surface area (Å²) < 4.78 is 102. The number of benzene rings is 2. The molecule has 0 unspecified atom stereocenters. The highest BCUT2D eigenvalue weighted by atomic mass is 19.4. The van der Waals surface area contributed by atoms with E-state index in [4.69, 9.17) is 9.47 Å². The monoisotopic (exact) mass is 483 g/mol. The highest BCUT2D eigenvalue weighted by molar-refractivity contribution is 5.35. The molecule has 0 fully saturated rings. The lowest BCUT2D eigenvalue weighted by molar-refractivity contribution is -0.274. The molecule has 2 aromatic carbocycles. The van der Waals surface area contributed by atoms with E-state index in [-0.39, 0.29) is 30.0 Å². The molecule has 0 aliphatic rings. The third-order valence-corrected chi connectivity index (χ3v) is 4.66. The van der Waals surface area contributed by atoms with E-state index < -0.39 is 25.8 Å². The van der Waals surface area contributed by atoms with Crippen LogP contribution < -0.4 is 9.47 Å². The van der Waals surface area contributed by atoms with Gasteiger partial charge in [0, 0.05) is 13.0 Å². The minimum absolute atomic E-state index is 0.0233. The number of alkyl halides is 7. The molecule has 33 heavy (non-hydrogen) atoms. The molecule has 11 heteroatoms. The van der Waals surface area contributed by atoms with Gasteiger partial charge in [0.1, 0.15) is 11.5 Å². The second kappa shape index (κ2) is 12.1. The maximum absolute atomic E-state index is 12.8. The molecule has 0 saturated carbocycles. The van der Waals surface area contributed by atoms with E-state index in [0.717, 1.165) is 7.05 Å². The molecular formula is C22H24F7NO3. The largest absolute Gasteiger partial charge is 0.573 e. The zero-order valence-electron chi connectivity index (χ0n) is 17.8. The van der Waals surface area contributed by atoms with Crippen molar-refractivity contribution in [1.82, 2.24) is 4.90 Å². The summed E-state index contributed by atoms with van der Waals surface area (Å²) in [7, 11) is 0.913. The summed E-state index contributed by atoms with van der Waals surface area (Å²) in [5.41, 5.74) is 1.28. The van der Waals surface area contributed by atoms with Crippen LogP contribution in [-0.4, -0.2) is 44.3 Å². The van der Waals surface area contributed by atoms with E-state index in [1.165, 1.54) is 18.2 Å². The Hall–Kier alpha value is -2.53. The lowest BCUT2D eigenvalue weighted by Crippen LogP contribution is -2.35. The average molecular weight is 483 g/mol. The van der Waals surface area contributed by atoms with Crippen LogP contribution in [0.4, 0.5) is 30.7 Å². The van der Waals surface area contributed by atoms with Gasteiger partial charge in [-0.15, -0.1) is 13.2 Å². The number of hydrogen-bond donors (Lipinski definition) is 0. The van der Waals surface area contributed by atoms with Gasteiger partial charge in [-0.1, -0.05) is 30.3 Å². The van der Waals surface area contributed by atoms with E-state index in [1.807, 2.05) is 0 Å². The summed E-state index contributed by atoms with van der Waals surface area (Å²) in [5, 5.41) is 0. The van der Waals surface area contributed by atoms with Crippen LogP contribution in [0.15, 0.2) is 48.5 Å². The van der Waals surface area contributed by atoms with Gasteiger partial charge in [-0.25, -0.2) is 9.29 Å². The Morgan fingerprint density at radius 3 is 2.33 bits per heavy atom. The predicted octanol–water partition coefficient (Wildman–Crippen LogP) is 6.25. The summed E-state index contributed by atoms with van der Waals surface area (Å²) in [6.45, 7) is -1.48. The number of hydrogen-bond acceptors (Lipinski definition) is 4. The zero-order valence-corrected chi connectivity index (χ0v) is 17.8. The Labute approximate surface area is 186 Å². The normalized spacial score (nSPS) is 13.2. The van der Waals surface area contributed by atoms with Crippen molar-refractivity contribution < 1.29 is 44.9 Å². The Balaban J connectivity index is 2.00. The number of rotatable bonds is 12. The maximum Gasteiger partial charge on any atom is 0.573 e. The first-order valence-corrected chi connectivity index (χ1v) is 10.0. The van der Waals surface area contributed by atoms with Gasteiger partial charge >= 0.3 is 12.7 Å². The molecule has 0 spiro atoms. The summed E-state index contributed by atoms with van der Waals surface area (Å²) in [6, 6.07) is 12.3. The Bertz CT molecular complexity index is 858. The van der Waals surface area contributed by atoms with Gasteiger partial charge in [-0.3, -0.25) is 0 Å². The van der Waals surface area contributed by atoms with E-state index in [2.05, 4.69) is 4.74 Å². The molecule has 0 amide bonds. The van der Waals surface area contributed by atoms with Crippen LogP contribution in [0.2, 0.25) is 0 Å². The molecule has 0 aliphatic carbocycles.